The molecule has 0 saturated carbocycles. The smallest absolute Gasteiger partial charge is 0.251 e. The summed E-state index contributed by atoms with van der Waals surface area (Å²) in [6.07, 6.45) is 4.35. The van der Waals surface area contributed by atoms with E-state index >= 15 is 0 Å². The van der Waals surface area contributed by atoms with Crippen LogP contribution in [-0.2, 0) is 30.8 Å². The van der Waals surface area contributed by atoms with E-state index in [1.807, 2.05) is 30.8 Å². The summed E-state index contributed by atoms with van der Waals surface area (Å²) in [5, 5.41) is 15.7. The molecule has 3 heterocycles. The van der Waals surface area contributed by atoms with Gasteiger partial charge in [0, 0.05) is 66.3 Å². The predicted octanol–water partition coefficient (Wildman–Crippen LogP) is 4.22. The lowest BCUT2D eigenvalue weighted by molar-refractivity contribution is 0.0904. The monoisotopic (exact) mass is 598 g/mol. The molecule has 1 saturated heterocycles. The topological polar surface area (TPSA) is 110 Å². The fourth-order valence-corrected chi connectivity index (χ4v) is 5.52. The van der Waals surface area contributed by atoms with Gasteiger partial charge in [0.05, 0.1) is 17.3 Å². The highest BCUT2D eigenvalue weighted by Gasteiger charge is 2.22. The summed E-state index contributed by atoms with van der Waals surface area (Å²) in [6, 6.07) is 10.6. The Balaban J connectivity index is 1.36. The van der Waals surface area contributed by atoms with Crippen LogP contribution in [0.5, 0.6) is 0 Å². The molecule has 1 fully saturated rings. The van der Waals surface area contributed by atoms with Crippen molar-refractivity contribution in [1.29, 1.82) is 0 Å². The molecule has 0 atom stereocenters. The average molecular weight is 599 g/mol. The third kappa shape index (κ3) is 7.03. The minimum absolute atomic E-state index is 0.255. The highest BCUT2D eigenvalue weighted by Crippen LogP contribution is 2.31. The zero-order valence-corrected chi connectivity index (χ0v) is 25.6. The van der Waals surface area contributed by atoms with E-state index in [1.54, 1.807) is 30.3 Å². The zero-order valence-electron chi connectivity index (χ0n) is 24.8. The Bertz CT molecular complexity index is 1650. The number of carbonyl (C=O) groups excluding carboxylic acids is 2. The molecule has 2 aromatic heterocycles. The van der Waals surface area contributed by atoms with E-state index in [9.17, 15) is 9.59 Å². The molecule has 9 nitrogen and oxygen atoms in total. The molecule has 0 spiro atoms. The van der Waals surface area contributed by atoms with Gasteiger partial charge in [-0.15, -0.1) is 0 Å². The van der Waals surface area contributed by atoms with Crippen LogP contribution in [-0.4, -0.2) is 53.7 Å². The largest absolute Gasteiger partial charge is 0.381 e. The van der Waals surface area contributed by atoms with Gasteiger partial charge in [-0.05, 0) is 68.5 Å². The highest BCUT2D eigenvalue weighted by molar-refractivity contribution is 6.45. The van der Waals surface area contributed by atoms with Gasteiger partial charge in [-0.3, -0.25) is 9.59 Å². The third-order valence-electron chi connectivity index (χ3n) is 7.72. The Morgan fingerprint density at radius 3 is 2.40 bits per heavy atom. The molecule has 222 valence electrons. The van der Waals surface area contributed by atoms with Crippen molar-refractivity contribution >= 4 is 53.4 Å². The number of ether oxygens (including phenoxy) is 1. The van der Waals surface area contributed by atoms with E-state index in [2.05, 4.69) is 28.0 Å². The number of aromatic nitrogens is 3. The van der Waals surface area contributed by atoms with Gasteiger partial charge >= 0.3 is 0 Å². The van der Waals surface area contributed by atoms with Crippen LogP contribution in [0.3, 0.4) is 0 Å². The molecule has 0 aliphatic carbocycles. The van der Waals surface area contributed by atoms with Crippen LogP contribution >= 0.6 is 11.6 Å². The van der Waals surface area contributed by atoms with Crippen LogP contribution in [0, 0.1) is 6.92 Å². The number of benzene rings is 2. The van der Waals surface area contributed by atoms with Gasteiger partial charge in [-0.25, -0.2) is 9.67 Å². The van der Waals surface area contributed by atoms with Crippen LogP contribution < -0.4 is 21.4 Å². The number of hydrogen-bond donors (Lipinski definition) is 3. The average Bonchev–Trinajstić information content (AvgIpc) is 3.43. The number of carbonyl (C=O) groups is 2. The number of anilines is 1. The molecule has 2 amide bonds. The van der Waals surface area contributed by atoms with Crippen molar-refractivity contribution in [3.05, 3.63) is 81.1 Å². The van der Waals surface area contributed by atoms with Crippen molar-refractivity contribution < 1.29 is 14.3 Å². The summed E-state index contributed by atoms with van der Waals surface area (Å²) in [4.78, 5) is 31.4. The van der Waals surface area contributed by atoms with Gasteiger partial charge in [0.15, 0.2) is 5.65 Å². The van der Waals surface area contributed by atoms with E-state index in [1.165, 1.54) is 0 Å². The SMILES string of the molecule is [B]c1cc(CNC(=O)c2cc(C)cc(C(=O)NCc3c(CC)nc4c(cnn4CC)c3NC3CCOCC3)c2)ccc1Cl. The van der Waals surface area contributed by atoms with Gasteiger partial charge in [0.2, 0.25) is 0 Å². The van der Waals surface area contributed by atoms with Crippen molar-refractivity contribution in [2.75, 3.05) is 18.5 Å². The number of rotatable bonds is 10. The van der Waals surface area contributed by atoms with Gasteiger partial charge in [0.25, 0.3) is 11.8 Å². The van der Waals surface area contributed by atoms with Crippen LogP contribution in [0.2, 0.25) is 5.02 Å². The second-order valence-corrected chi connectivity index (χ2v) is 11.2. The summed E-state index contributed by atoms with van der Waals surface area (Å²) >= 11 is 6.00. The molecule has 2 radical (unpaired) electrons. The second kappa shape index (κ2) is 13.6. The second-order valence-electron chi connectivity index (χ2n) is 10.8. The zero-order chi connectivity index (χ0) is 30.5. The number of aryl methyl sites for hydroxylation is 3. The van der Waals surface area contributed by atoms with Crippen molar-refractivity contribution in [3.8, 4) is 0 Å². The van der Waals surface area contributed by atoms with Gasteiger partial charge in [-0.2, -0.15) is 5.10 Å². The number of hydrogen-bond acceptors (Lipinski definition) is 6. The van der Waals surface area contributed by atoms with E-state index in [4.69, 9.17) is 29.2 Å². The van der Waals surface area contributed by atoms with Crippen molar-refractivity contribution in [1.82, 2.24) is 25.4 Å². The number of nitrogens with zero attached hydrogens (tertiary/aromatic N) is 3. The number of halogens is 1. The molecule has 3 N–H and O–H groups in total. The van der Waals surface area contributed by atoms with Gasteiger partial charge in [0.1, 0.15) is 7.85 Å². The minimum Gasteiger partial charge on any atom is -0.381 e. The first-order valence-electron chi connectivity index (χ1n) is 14.7. The maximum absolute atomic E-state index is 13.5. The molecular weight excluding hydrogens is 563 g/mol. The first-order chi connectivity index (χ1) is 20.8. The van der Waals surface area contributed by atoms with Crippen molar-refractivity contribution in [3.63, 3.8) is 0 Å². The molecule has 2 aromatic carbocycles. The normalized spacial score (nSPS) is 13.7. The predicted molar refractivity (Wildman–Crippen MR) is 170 cm³/mol. The maximum Gasteiger partial charge on any atom is 0.251 e. The van der Waals surface area contributed by atoms with Crippen LogP contribution in [0.25, 0.3) is 11.0 Å². The number of nitrogens with one attached hydrogen (secondary N) is 3. The molecule has 43 heavy (non-hydrogen) atoms. The number of fused-ring (bicyclic) bond motifs is 1. The Hall–Kier alpha value is -3.89. The molecule has 4 aromatic rings. The molecule has 1 aliphatic rings. The maximum atomic E-state index is 13.5. The number of amides is 2. The van der Waals surface area contributed by atoms with E-state index in [0.717, 1.165) is 51.9 Å². The summed E-state index contributed by atoms with van der Waals surface area (Å²) in [5.41, 5.74) is 6.54. The van der Waals surface area contributed by atoms with Crippen LogP contribution in [0.15, 0.2) is 42.6 Å². The number of pyridine rings is 1. The minimum atomic E-state index is -0.287. The fourth-order valence-electron chi connectivity index (χ4n) is 5.40. The van der Waals surface area contributed by atoms with Crippen LogP contribution in [0.4, 0.5) is 5.69 Å². The Kier molecular flexibility index (Phi) is 9.67. The Labute approximate surface area is 258 Å². The molecule has 1 aliphatic heterocycles. The van der Waals surface area contributed by atoms with Gasteiger partial charge in [-0.1, -0.05) is 36.1 Å². The highest BCUT2D eigenvalue weighted by atomic mass is 35.5. The Morgan fingerprint density at radius 1 is 1.05 bits per heavy atom. The lowest BCUT2D eigenvalue weighted by Crippen LogP contribution is -2.30. The molecular formula is C32H36BClN6O3. The lowest BCUT2D eigenvalue weighted by atomic mass is 9.94. The third-order valence-corrected chi connectivity index (χ3v) is 8.06. The van der Waals surface area contributed by atoms with E-state index in [-0.39, 0.29) is 30.9 Å². The quantitative estimate of drug-likeness (QED) is 0.236. The summed E-state index contributed by atoms with van der Waals surface area (Å²) in [7, 11) is 5.88. The fraction of sp³-hybridized carbons (Fsp3) is 0.375. The summed E-state index contributed by atoms with van der Waals surface area (Å²) < 4.78 is 7.46. The summed E-state index contributed by atoms with van der Waals surface area (Å²) in [5.74, 6) is -0.559. The van der Waals surface area contributed by atoms with E-state index < -0.39 is 0 Å². The van der Waals surface area contributed by atoms with Gasteiger partial charge < -0.3 is 20.7 Å². The van der Waals surface area contributed by atoms with Crippen molar-refractivity contribution in [2.45, 2.75) is 65.7 Å². The van der Waals surface area contributed by atoms with E-state index in [0.29, 0.717) is 47.8 Å². The molecule has 0 bridgehead atoms. The molecule has 5 rings (SSSR count). The Morgan fingerprint density at radius 2 is 1.74 bits per heavy atom. The molecule has 0 unspecified atom stereocenters. The first kappa shape index (κ1) is 30.6. The lowest BCUT2D eigenvalue weighted by Gasteiger charge is -2.26. The van der Waals surface area contributed by atoms with Crippen molar-refractivity contribution in [2.24, 2.45) is 0 Å². The summed E-state index contributed by atoms with van der Waals surface area (Å²) in [6.45, 7) is 8.67. The first-order valence-corrected chi connectivity index (χ1v) is 15.1. The standard InChI is InChI=1S/C32H36BClN6O3/c1-4-28-24(29(38-23-8-10-43-11-9-23)25-18-37-40(5-2)30(25)39-28)17-36-32(42)22-13-19(3)12-21(15-22)31(41)35-16-20-6-7-27(34)26(33)14-20/h6-7,12-15,18,23H,4-5,8-11,16-17H2,1-3H3,(H,35,41)(H,36,42)(H,38,39). The van der Waals surface area contributed by atoms with Crippen LogP contribution in [0.1, 0.15) is 69.8 Å². The molecule has 11 heteroatoms.